The second-order valence-corrected chi connectivity index (χ2v) is 2.76. The van der Waals surface area contributed by atoms with Gasteiger partial charge in [0.15, 0.2) is 6.29 Å². The Morgan fingerprint density at radius 2 is 2.42 bits per heavy atom. The molecular weight excluding hydrogens is 176 g/mol. The normalized spacial score (nSPS) is 9.83. The van der Waals surface area contributed by atoms with Crippen molar-refractivity contribution < 1.29 is 4.79 Å². The monoisotopic (exact) mass is 184 g/mol. The van der Waals surface area contributed by atoms with Crippen molar-refractivity contribution >= 4 is 23.6 Å². The molecule has 0 aliphatic carbocycles. The standard InChI is InChI=1S/C8H9ClN2O/c1-2-5-3-7(9)11-6(4-12)8(5)10/h3-4H,2,10H2,1H3. The van der Waals surface area contributed by atoms with Crippen LogP contribution in [-0.2, 0) is 6.42 Å². The first-order valence-corrected chi connectivity index (χ1v) is 3.97. The van der Waals surface area contributed by atoms with Gasteiger partial charge in [-0.05, 0) is 18.1 Å². The van der Waals surface area contributed by atoms with Gasteiger partial charge in [0.05, 0.1) is 5.69 Å². The van der Waals surface area contributed by atoms with Crippen LogP contribution in [0.3, 0.4) is 0 Å². The first-order valence-electron chi connectivity index (χ1n) is 3.59. The summed E-state index contributed by atoms with van der Waals surface area (Å²) in [5.41, 5.74) is 7.13. The first kappa shape index (κ1) is 9.00. The Labute approximate surface area is 75.6 Å². The van der Waals surface area contributed by atoms with E-state index in [9.17, 15) is 4.79 Å². The molecule has 0 aliphatic heterocycles. The molecule has 0 amide bonds. The summed E-state index contributed by atoms with van der Waals surface area (Å²) in [5, 5.41) is 0.308. The van der Waals surface area contributed by atoms with E-state index in [0.29, 0.717) is 17.1 Å². The third-order valence-electron chi connectivity index (χ3n) is 1.64. The van der Waals surface area contributed by atoms with Gasteiger partial charge in [-0.2, -0.15) is 0 Å². The number of aldehydes is 1. The maximum absolute atomic E-state index is 10.4. The van der Waals surface area contributed by atoms with Crippen molar-refractivity contribution in [3.63, 3.8) is 0 Å². The lowest BCUT2D eigenvalue weighted by atomic mass is 10.1. The lowest BCUT2D eigenvalue weighted by Crippen LogP contribution is -2.01. The summed E-state index contributed by atoms with van der Waals surface area (Å²) < 4.78 is 0. The Morgan fingerprint density at radius 3 is 2.92 bits per heavy atom. The van der Waals surface area contributed by atoms with Crippen molar-refractivity contribution in [2.24, 2.45) is 0 Å². The highest BCUT2D eigenvalue weighted by molar-refractivity contribution is 6.29. The van der Waals surface area contributed by atoms with Gasteiger partial charge in [0.2, 0.25) is 0 Å². The minimum absolute atomic E-state index is 0.222. The van der Waals surface area contributed by atoms with Gasteiger partial charge in [-0.1, -0.05) is 18.5 Å². The summed E-state index contributed by atoms with van der Waals surface area (Å²) in [7, 11) is 0. The first-order chi connectivity index (χ1) is 5.69. The molecule has 64 valence electrons. The molecule has 0 atom stereocenters. The quantitative estimate of drug-likeness (QED) is 0.562. The number of hydrogen-bond acceptors (Lipinski definition) is 3. The number of nitrogens with two attached hydrogens (primary N) is 1. The van der Waals surface area contributed by atoms with E-state index < -0.39 is 0 Å². The number of carbonyl (C=O) groups is 1. The fraction of sp³-hybridized carbons (Fsp3) is 0.250. The number of anilines is 1. The molecule has 0 spiro atoms. The number of carbonyl (C=O) groups excluding carboxylic acids is 1. The van der Waals surface area contributed by atoms with Crippen LogP contribution in [0.15, 0.2) is 6.07 Å². The Hall–Kier alpha value is -1.09. The van der Waals surface area contributed by atoms with Crippen LogP contribution in [0, 0.1) is 0 Å². The van der Waals surface area contributed by atoms with Crippen LogP contribution in [0.4, 0.5) is 5.69 Å². The summed E-state index contributed by atoms with van der Waals surface area (Å²) in [6.45, 7) is 1.94. The molecule has 2 N–H and O–H groups in total. The van der Waals surface area contributed by atoms with Crippen LogP contribution in [-0.4, -0.2) is 11.3 Å². The van der Waals surface area contributed by atoms with Crippen molar-refractivity contribution in [2.75, 3.05) is 5.73 Å². The summed E-state index contributed by atoms with van der Waals surface area (Å²) in [5.74, 6) is 0. The van der Waals surface area contributed by atoms with Crippen LogP contribution in [0.2, 0.25) is 5.15 Å². The lowest BCUT2D eigenvalue weighted by molar-refractivity contribution is 0.112. The van der Waals surface area contributed by atoms with E-state index in [1.165, 1.54) is 0 Å². The molecule has 0 unspecified atom stereocenters. The van der Waals surface area contributed by atoms with Gasteiger partial charge >= 0.3 is 0 Å². The van der Waals surface area contributed by atoms with Gasteiger partial charge in [-0.25, -0.2) is 4.98 Å². The number of pyridine rings is 1. The van der Waals surface area contributed by atoms with Gasteiger partial charge in [0.1, 0.15) is 10.8 Å². The number of halogens is 1. The average Bonchev–Trinajstić information content (AvgIpc) is 2.08. The molecule has 4 heteroatoms. The fourth-order valence-corrected chi connectivity index (χ4v) is 1.20. The van der Waals surface area contributed by atoms with Crippen LogP contribution in [0.25, 0.3) is 0 Å². The lowest BCUT2D eigenvalue weighted by Gasteiger charge is -2.04. The topological polar surface area (TPSA) is 56.0 Å². The number of nitrogen functional groups attached to an aromatic ring is 1. The van der Waals surface area contributed by atoms with E-state index in [1.807, 2.05) is 6.92 Å². The second kappa shape index (κ2) is 3.54. The highest BCUT2D eigenvalue weighted by atomic mass is 35.5. The van der Waals surface area contributed by atoms with Crippen LogP contribution in [0.1, 0.15) is 23.0 Å². The Kier molecular flexibility index (Phi) is 2.65. The van der Waals surface area contributed by atoms with Gasteiger partial charge in [0, 0.05) is 0 Å². The summed E-state index contributed by atoms with van der Waals surface area (Å²) in [4.78, 5) is 14.2. The minimum atomic E-state index is 0.222. The fourth-order valence-electron chi connectivity index (χ4n) is 0.976. The molecule has 1 rings (SSSR count). The zero-order valence-corrected chi connectivity index (χ0v) is 7.43. The molecule has 0 radical (unpaired) electrons. The molecule has 3 nitrogen and oxygen atoms in total. The van der Waals surface area contributed by atoms with Crippen molar-refractivity contribution in [3.8, 4) is 0 Å². The maximum Gasteiger partial charge on any atom is 0.170 e. The molecule has 0 aliphatic rings. The third-order valence-corrected chi connectivity index (χ3v) is 1.83. The predicted molar refractivity (Wildman–Crippen MR) is 48.4 cm³/mol. The van der Waals surface area contributed by atoms with Gasteiger partial charge in [-0.15, -0.1) is 0 Å². The Morgan fingerprint density at radius 1 is 1.75 bits per heavy atom. The van der Waals surface area contributed by atoms with E-state index >= 15 is 0 Å². The van der Waals surface area contributed by atoms with E-state index in [2.05, 4.69) is 4.98 Å². The molecule has 0 aromatic carbocycles. The number of aromatic nitrogens is 1. The molecule has 0 bridgehead atoms. The Bertz CT molecular complexity index is 312. The zero-order chi connectivity index (χ0) is 9.14. The summed E-state index contributed by atoms with van der Waals surface area (Å²) in [6, 6.07) is 1.67. The van der Waals surface area contributed by atoms with E-state index in [4.69, 9.17) is 17.3 Å². The van der Waals surface area contributed by atoms with Gasteiger partial charge < -0.3 is 5.73 Å². The zero-order valence-electron chi connectivity index (χ0n) is 6.67. The van der Waals surface area contributed by atoms with E-state index in [1.54, 1.807) is 6.07 Å². The number of hydrogen-bond donors (Lipinski definition) is 1. The number of rotatable bonds is 2. The molecule has 12 heavy (non-hydrogen) atoms. The number of aryl methyl sites for hydroxylation is 1. The summed E-state index contributed by atoms with van der Waals surface area (Å²) >= 11 is 5.65. The third kappa shape index (κ3) is 1.56. The van der Waals surface area contributed by atoms with Crippen molar-refractivity contribution in [3.05, 3.63) is 22.5 Å². The molecule has 0 saturated carbocycles. The summed E-state index contributed by atoms with van der Waals surface area (Å²) in [6.07, 6.45) is 1.36. The molecule has 1 aromatic rings. The average molecular weight is 185 g/mol. The highest BCUT2D eigenvalue weighted by Crippen LogP contribution is 2.18. The van der Waals surface area contributed by atoms with E-state index in [-0.39, 0.29) is 5.69 Å². The largest absolute Gasteiger partial charge is 0.397 e. The van der Waals surface area contributed by atoms with E-state index in [0.717, 1.165) is 12.0 Å². The minimum Gasteiger partial charge on any atom is -0.397 e. The highest BCUT2D eigenvalue weighted by Gasteiger charge is 2.06. The van der Waals surface area contributed by atoms with Crippen molar-refractivity contribution in [1.82, 2.24) is 4.98 Å². The molecule has 0 fully saturated rings. The SMILES string of the molecule is CCc1cc(Cl)nc(C=O)c1N. The second-order valence-electron chi connectivity index (χ2n) is 2.37. The predicted octanol–water partition coefficient (Wildman–Crippen LogP) is 1.69. The van der Waals surface area contributed by atoms with Crippen molar-refractivity contribution in [2.45, 2.75) is 13.3 Å². The molecule has 1 heterocycles. The van der Waals surface area contributed by atoms with Crippen molar-refractivity contribution in [1.29, 1.82) is 0 Å². The van der Waals surface area contributed by atoms with Crippen LogP contribution >= 0.6 is 11.6 Å². The Balaban J connectivity index is 3.31. The van der Waals surface area contributed by atoms with Crippen LogP contribution in [0.5, 0.6) is 0 Å². The number of nitrogens with zero attached hydrogens (tertiary/aromatic N) is 1. The van der Waals surface area contributed by atoms with Gasteiger partial charge in [-0.3, -0.25) is 4.79 Å². The van der Waals surface area contributed by atoms with Crippen LogP contribution < -0.4 is 5.73 Å². The maximum atomic E-state index is 10.4. The van der Waals surface area contributed by atoms with Gasteiger partial charge in [0.25, 0.3) is 0 Å². The molecule has 0 saturated heterocycles. The molecule has 1 aromatic heterocycles. The molecular formula is C8H9ClN2O. The smallest absolute Gasteiger partial charge is 0.170 e.